The van der Waals surface area contributed by atoms with E-state index >= 15 is 0 Å². The molecule has 0 heteroatoms. The maximum Gasteiger partial charge on any atom is -0.0263 e. The normalized spacial score (nSPS) is 6.18. The van der Waals surface area contributed by atoms with E-state index in [0.717, 1.165) is 0 Å². The van der Waals surface area contributed by atoms with Gasteiger partial charge in [0.15, 0.2) is 0 Å². The van der Waals surface area contributed by atoms with Crippen molar-refractivity contribution in [2.75, 3.05) is 0 Å². The molecule has 17 heavy (non-hydrogen) atoms. The monoisotopic (exact) mass is 228 g/mol. The number of hydrogen-bond donors (Lipinski definition) is 0. The van der Waals surface area contributed by atoms with Crippen LogP contribution in [0.3, 0.4) is 0 Å². The number of allylic oxidation sites excluding steroid dienone is 3. The second-order valence-electron chi connectivity index (χ2n) is 2.49. The first-order chi connectivity index (χ1) is 8.26. The Labute approximate surface area is 107 Å². The van der Waals surface area contributed by atoms with Crippen molar-refractivity contribution >= 4 is 6.08 Å². The number of hydrogen-bond acceptors (Lipinski definition) is 0. The maximum atomic E-state index is 3.63. The molecule has 0 aromatic heterocycles. The van der Waals surface area contributed by atoms with Crippen LogP contribution in [0.15, 0.2) is 88.0 Å². The van der Waals surface area contributed by atoms with Gasteiger partial charge in [-0.15, -0.1) is 19.7 Å². The minimum atomic E-state index is 1.17. The molecule has 0 atom stereocenters. The van der Waals surface area contributed by atoms with Gasteiger partial charge in [0.05, 0.1) is 0 Å². The highest BCUT2D eigenvalue weighted by atomic mass is 13.8. The third-order valence-corrected chi connectivity index (χ3v) is 1.20. The van der Waals surface area contributed by atoms with Crippen LogP contribution in [0.5, 0.6) is 0 Å². The summed E-state index contributed by atoms with van der Waals surface area (Å²) in [5, 5.41) is 0. The molecule has 0 unspecified atom stereocenters. The van der Waals surface area contributed by atoms with Crippen LogP contribution in [-0.4, -0.2) is 0 Å². The van der Waals surface area contributed by atoms with Gasteiger partial charge in [-0.3, -0.25) is 0 Å². The molecule has 1 aromatic rings. The topological polar surface area (TPSA) is 0 Å². The Balaban J connectivity index is -0.000000186. The zero-order valence-electron chi connectivity index (χ0n) is 10.9. The van der Waals surface area contributed by atoms with Crippen molar-refractivity contribution in [3.05, 3.63) is 93.6 Å². The largest absolute Gasteiger partial charge is 0.106 e. The van der Waals surface area contributed by atoms with Crippen molar-refractivity contribution < 1.29 is 0 Å². The lowest BCUT2D eigenvalue weighted by molar-refractivity contribution is 1.67. The molecule has 1 aromatic carbocycles. The van der Waals surface area contributed by atoms with E-state index in [0.29, 0.717) is 0 Å². The van der Waals surface area contributed by atoms with Crippen molar-refractivity contribution in [1.29, 1.82) is 0 Å². The minimum absolute atomic E-state index is 1.17. The first-order valence-electron chi connectivity index (χ1n) is 5.24. The third-order valence-electron chi connectivity index (χ3n) is 1.20. The third kappa shape index (κ3) is 24.9. The van der Waals surface area contributed by atoms with Crippen LogP contribution in [0.4, 0.5) is 0 Å². The van der Waals surface area contributed by atoms with E-state index in [1.54, 1.807) is 18.2 Å². The SMILES string of the molecule is C=C.C=CC.C=CC=C.C=Cc1ccccc1. The Morgan fingerprint density at radius 3 is 1.35 bits per heavy atom. The molecule has 0 spiro atoms. The van der Waals surface area contributed by atoms with Gasteiger partial charge in [-0.05, 0) is 12.5 Å². The number of benzene rings is 1. The Hall–Kier alpha value is -2.08. The molecule has 0 aliphatic carbocycles. The Bertz CT molecular complexity index is 274. The summed E-state index contributed by atoms with van der Waals surface area (Å²) in [5.74, 6) is 0. The van der Waals surface area contributed by atoms with Gasteiger partial charge in [0.25, 0.3) is 0 Å². The molecule has 0 bridgehead atoms. The zero-order valence-corrected chi connectivity index (χ0v) is 10.9. The summed E-state index contributed by atoms with van der Waals surface area (Å²) in [6, 6.07) is 10.0. The fourth-order valence-electron chi connectivity index (χ4n) is 0.589. The molecule has 1 rings (SSSR count). The fraction of sp³-hybridized carbons (Fsp3) is 0.0588. The van der Waals surface area contributed by atoms with Gasteiger partial charge in [0.1, 0.15) is 0 Å². The summed E-state index contributed by atoms with van der Waals surface area (Å²) in [6.07, 6.45) is 6.86. The lowest BCUT2D eigenvalue weighted by Gasteiger charge is -1.85. The highest BCUT2D eigenvalue weighted by Crippen LogP contribution is 1.97. The standard InChI is InChI=1S/C8H8.C4H6.C3H6.C2H4/c1-2-8-6-4-3-5-7-8;1-3-4-2;1-3-2;1-2/h2-7H,1H2;3-4H,1-2H2;3H,1H2,2H3;1-2H2. The molecule has 0 amide bonds. The van der Waals surface area contributed by atoms with E-state index in [1.807, 2.05) is 43.3 Å². The average Bonchev–Trinajstić information content (AvgIpc) is 2.43. The first kappa shape index (κ1) is 20.3. The van der Waals surface area contributed by atoms with Crippen LogP contribution in [0.25, 0.3) is 6.08 Å². The van der Waals surface area contributed by atoms with E-state index < -0.39 is 0 Å². The summed E-state index contributed by atoms with van der Waals surface area (Å²) in [5.41, 5.74) is 1.17. The average molecular weight is 228 g/mol. The molecule has 0 aliphatic rings. The van der Waals surface area contributed by atoms with Crippen molar-refractivity contribution in [2.45, 2.75) is 6.92 Å². The van der Waals surface area contributed by atoms with Crippen LogP contribution < -0.4 is 0 Å². The van der Waals surface area contributed by atoms with Crippen LogP contribution in [0, 0.1) is 0 Å². The molecule has 0 N–H and O–H groups in total. The van der Waals surface area contributed by atoms with Gasteiger partial charge in [0, 0.05) is 0 Å². The molecule has 0 saturated carbocycles. The quantitative estimate of drug-likeness (QED) is 0.451. The predicted molar refractivity (Wildman–Crippen MR) is 84.1 cm³/mol. The molecular formula is C17H24. The van der Waals surface area contributed by atoms with Crippen molar-refractivity contribution in [3.63, 3.8) is 0 Å². The smallest absolute Gasteiger partial charge is 0.0263 e. The molecule has 0 nitrogen and oxygen atoms in total. The van der Waals surface area contributed by atoms with E-state index in [-0.39, 0.29) is 0 Å². The molecule has 0 saturated heterocycles. The van der Waals surface area contributed by atoms with Crippen molar-refractivity contribution in [3.8, 4) is 0 Å². The van der Waals surface area contributed by atoms with Gasteiger partial charge in [-0.1, -0.05) is 74.4 Å². The summed E-state index contributed by atoms with van der Waals surface area (Å²) in [7, 11) is 0. The molecule has 0 radical (unpaired) electrons. The number of rotatable bonds is 2. The zero-order chi connectivity index (χ0) is 13.9. The molecular weight excluding hydrogens is 204 g/mol. The molecule has 0 heterocycles. The van der Waals surface area contributed by atoms with E-state index in [2.05, 4.69) is 39.5 Å². The summed E-state index contributed by atoms with van der Waals surface area (Å²) < 4.78 is 0. The van der Waals surface area contributed by atoms with E-state index in [1.165, 1.54) is 5.56 Å². The summed E-state index contributed by atoms with van der Waals surface area (Å²) in [4.78, 5) is 0. The van der Waals surface area contributed by atoms with E-state index in [9.17, 15) is 0 Å². The Morgan fingerprint density at radius 2 is 1.18 bits per heavy atom. The minimum Gasteiger partial charge on any atom is -0.106 e. The van der Waals surface area contributed by atoms with E-state index in [4.69, 9.17) is 0 Å². The van der Waals surface area contributed by atoms with Crippen LogP contribution in [-0.2, 0) is 0 Å². The predicted octanol–water partition coefficient (Wildman–Crippen LogP) is 5.68. The lowest BCUT2D eigenvalue weighted by Crippen LogP contribution is -1.63. The maximum absolute atomic E-state index is 3.63. The van der Waals surface area contributed by atoms with Crippen molar-refractivity contribution in [1.82, 2.24) is 0 Å². The van der Waals surface area contributed by atoms with Gasteiger partial charge in [-0.2, -0.15) is 0 Å². The van der Waals surface area contributed by atoms with Gasteiger partial charge < -0.3 is 0 Å². The van der Waals surface area contributed by atoms with Gasteiger partial charge >= 0.3 is 0 Å². The van der Waals surface area contributed by atoms with Gasteiger partial charge in [-0.25, -0.2) is 0 Å². The van der Waals surface area contributed by atoms with Gasteiger partial charge in [0.2, 0.25) is 0 Å². The highest BCUT2D eigenvalue weighted by molar-refractivity contribution is 5.45. The van der Waals surface area contributed by atoms with Crippen LogP contribution in [0.2, 0.25) is 0 Å². The highest BCUT2D eigenvalue weighted by Gasteiger charge is 1.75. The van der Waals surface area contributed by atoms with Crippen molar-refractivity contribution in [2.24, 2.45) is 0 Å². The fourth-order valence-corrected chi connectivity index (χ4v) is 0.589. The molecule has 0 fully saturated rings. The Morgan fingerprint density at radius 1 is 0.824 bits per heavy atom. The molecule has 92 valence electrons. The molecule has 0 aliphatic heterocycles. The lowest BCUT2D eigenvalue weighted by atomic mass is 10.2. The second kappa shape index (κ2) is 23.6. The van der Waals surface area contributed by atoms with Crippen LogP contribution >= 0.6 is 0 Å². The summed E-state index contributed by atoms with van der Waals surface area (Å²) >= 11 is 0. The Kier molecular flexibility index (Phi) is 28.3. The first-order valence-corrected chi connectivity index (χ1v) is 5.24. The second-order valence-corrected chi connectivity index (χ2v) is 2.49. The van der Waals surface area contributed by atoms with Crippen LogP contribution in [0.1, 0.15) is 12.5 Å². The summed E-state index contributed by atoms with van der Waals surface area (Å²) in [6.45, 7) is 21.6.